The zero-order chi connectivity index (χ0) is 24.6. The first-order chi connectivity index (χ1) is 16.4. The fourth-order valence-electron chi connectivity index (χ4n) is 4.07. The summed E-state index contributed by atoms with van der Waals surface area (Å²) in [5.41, 5.74) is 9.15. The van der Waals surface area contributed by atoms with E-state index in [1.54, 1.807) is 14.0 Å². The molecule has 0 spiro atoms. The number of nitrogens with one attached hydrogen (secondary N) is 1. The Morgan fingerprint density at radius 1 is 1.06 bits per heavy atom. The van der Waals surface area contributed by atoms with E-state index in [0.29, 0.717) is 17.9 Å². The average Bonchev–Trinajstić information content (AvgIpc) is 2.85. The molecule has 0 heterocycles. The standard InChI is InChI=1S/C28H30ClN3O2/c1-28(32-19-30,27(34)31-2)23-12-6-11-22(17-23)26-18-24(29)15-14-21(26)10-7-13-25(33)16-20-8-4-3-5-9-20/h3-6,8-9,11-12,14-15,17-19H,7,10,13,16H2,1-2H3,(H2,30,32)(H,31,34). The van der Waals surface area contributed by atoms with Crippen LogP contribution in [0.4, 0.5) is 0 Å². The Balaban J connectivity index is 1.81. The van der Waals surface area contributed by atoms with Crippen LogP contribution in [0, 0.1) is 0 Å². The molecule has 34 heavy (non-hydrogen) atoms. The molecule has 0 saturated carbocycles. The molecule has 3 aromatic rings. The van der Waals surface area contributed by atoms with E-state index in [2.05, 4.69) is 10.3 Å². The second kappa shape index (κ2) is 11.6. The molecule has 0 aliphatic heterocycles. The SMILES string of the molecule is CNC(=O)C(C)(N=CN)c1cccc(-c2cc(Cl)ccc2CCCC(=O)Cc2ccccc2)c1. The maximum Gasteiger partial charge on any atom is 0.252 e. The molecule has 3 N–H and O–H groups in total. The predicted octanol–water partition coefficient (Wildman–Crippen LogP) is 5.09. The Morgan fingerprint density at radius 2 is 1.82 bits per heavy atom. The molecule has 0 aliphatic carbocycles. The van der Waals surface area contributed by atoms with Gasteiger partial charge >= 0.3 is 0 Å². The van der Waals surface area contributed by atoms with Crippen molar-refractivity contribution in [2.24, 2.45) is 10.7 Å². The summed E-state index contributed by atoms with van der Waals surface area (Å²) in [4.78, 5) is 29.3. The van der Waals surface area contributed by atoms with Gasteiger partial charge in [-0.1, -0.05) is 66.2 Å². The van der Waals surface area contributed by atoms with Crippen molar-refractivity contribution in [1.82, 2.24) is 5.32 Å². The molecule has 5 nitrogen and oxygen atoms in total. The van der Waals surface area contributed by atoms with Gasteiger partial charge in [-0.3, -0.25) is 14.6 Å². The quantitative estimate of drug-likeness (QED) is 0.316. The van der Waals surface area contributed by atoms with Crippen LogP contribution >= 0.6 is 11.6 Å². The number of hydrogen-bond acceptors (Lipinski definition) is 3. The summed E-state index contributed by atoms with van der Waals surface area (Å²) in [5.74, 6) is -0.0284. The van der Waals surface area contributed by atoms with E-state index in [1.807, 2.05) is 72.8 Å². The lowest BCUT2D eigenvalue weighted by atomic mass is 9.88. The smallest absolute Gasteiger partial charge is 0.252 e. The number of Topliss-reactive ketones (excluding diaryl/α,β-unsaturated/α-hetero) is 1. The fraction of sp³-hybridized carbons (Fsp3) is 0.250. The molecule has 0 radical (unpaired) electrons. The van der Waals surface area contributed by atoms with Crippen molar-refractivity contribution in [2.75, 3.05) is 7.05 Å². The lowest BCUT2D eigenvalue weighted by Crippen LogP contribution is -2.39. The summed E-state index contributed by atoms with van der Waals surface area (Å²) in [6, 6.07) is 23.3. The van der Waals surface area contributed by atoms with Gasteiger partial charge in [0.25, 0.3) is 5.91 Å². The van der Waals surface area contributed by atoms with Crippen molar-refractivity contribution in [2.45, 2.75) is 38.1 Å². The first-order valence-electron chi connectivity index (χ1n) is 11.3. The summed E-state index contributed by atoms with van der Waals surface area (Å²) in [5, 5.41) is 3.29. The second-order valence-corrected chi connectivity index (χ2v) is 8.80. The van der Waals surface area contributed by atoms with Gasteiger partial charge in [-0.15, -0.1) is 0 Å². The highest BCUT2D eigenvalue weighted by molar-refractivity contribution is 6.30. The van der Waals surface area contributed by atoms with Crippen LogP contribution in [0.1, 0.15) is 36.5 Å². The molecule has 1 atom stereocenters. The first-order valence-corrected chi connectivity index (χ1v) is 11.7. The Labute approximate surface area is 206 Å². The van der Waals surface area contributed by atoms with Gasteiger partial charge in [0.15, 0.2) is 5.54 Å². The molecule has 3 aromatic carbocycles. The minimum Gasteiger partial charge on any atom is -0.390 e. The van der Waals surface area contributed by atoms with E-state index >= 15 is 0 Å². The normalized spacial score (nSPS) is 12.9. The van der Waals surface area contributed by atoms with E-state index in [0.717, 1.165) is 47.0 Å². The van der Waals surface area contributed by atoms with Gasteiger partial charge in [-0.25, -0.2) is 0 Å². The molecule has 0 aromatic heterocycles. The molecule has 0 fully saturated rings. The van der Waals surface area contributed by atoms with Crippen molar-refractivity contribution in [3.05, 3.63) is 94.5 Å². The number of ketones is 1. The monoisotopic (exact) mass is 475 g/mol. The van der Waals surface area contributed by atoms with Crippen LogP contribution in [-0.2, 0) is 28.0 Å². The van der Waals surface area contributed by atoms with Gasteiger partial charge in [-0.05, 0) is 65.8 Å². The number of aliphatic imine (C=N–C) groups is 1. The summed E-state index contributed by atoms with van der Waals surface area (Å²) in [7, 11) is 1.57. The number of carbonyl (C=O) groups is 2. The summed E-state index contributed by atoms with van der Waals surface area (Å²) in [6.07, 6.45) is 3.60. The van der Waals surface area contributed by atoms with Crippen LogP contribution in [0.25, 0.3) is 11.1 Å². The van der Waals surface area contributed by atoms with Gasteiger partial charge in [-0.2, -0.15) is 0 Å². The first kappa shape index (κ1) is 25.2. The van der Waals surface area contributed by atoms with E-state index in [4.69, 9.17) is 17.3 Å². The third-order valence-electron chi connectivity index (χ3n) is 5.96. The number of halogens is 1. The van der Waals surface area contributed by atoms with Gasteiger partial charge in [0, 0.05) is 24.9 Å². The Morgan fingerprint density at radius 3 is 2.53 bits per heavy atom. The third kappa shape index (κ3) is 6.12. The minimum atomic E-state index is -1.15. The van der Waals surface area contributed by atoms with Crippen molar-refractivity contribution in [3.8, 4) is 11.1 Å². The van der Waals surface area contributed by atoms with E-state index in [1.165, 1.54) is 0 Å². The molecular weight excluding hydrogens is 446 g/mol. The number of nitrogens with two attached hydrogens (primary N) is 1. The number of rotatable bonds is 10. The number of benzene rings is 3. The van der Waals surface area contributed by atoms with Gasteiger partial charge in [0.2, 0.25) is 0 Å². The molecule has 1 unspecified atom stereocenters. The van der Waals surface area contributed by atoms with Crippen LogP contribution in [0.15, 0.2) is 77.8 Å². The number of nitrogens with zero attached hydrogens (tertiary/aromatic N) is 1. The highest BCUT2D eigenvalue weighted by atomic mass is 35.5. The van der Waals surface area contributed by atoms with E-state index in [-0.39, 0.29) is 11.7 Å². The van der Waals surface area contributed by atoms with E-state index < -0.39 is 5.54 Å². The zero-order valence-corrected chi connectivity index (χ0v) is 20.3. The van der Waals surface area contributed by atoms with E-state index in [9.17, 15) is 9.59 Å². The number of hydrogen-bond donors (Lipinski definition) is 2. The highest BCUT2D eigenvalue weighted by Crippen LogP contribution is 2.33. The Bertz CT molecular complexity index is 1180. The number of aryl methyl sites for hydroxylation is 1. The second-order valence-electron chi connectivity index (χ2n) is 8.37. The summed E-state index contributed by atoms with van der Waals surface area (Å²) in [6.45, 7) is 1.73. The molecule has 3 rings (SSSR count). The maximum absolute atomic E-state index is 12.6. The molecule has 176 valence electrons. The number of amides is 1. The van der Waals surface area contributed by atoms with Crippen LogP contribution in [0.3, 0.4) is 0 Å². The van der Waals surface area contributed by atoms with Crippen molar-refractivity contribution in [1.29, 1.82) is 0 Å². The van der Waals surface area contributed by atoms with Crippen LogP contribution in [-0.4, -0.2) is 25.1 Å². The lowest BCUT2D eigenvalue weighted by Gasteiger charge is -2.24. The van der Waals surface area contributed by atoms with Crippen molar-refractivity contribution >= 4 is 29.6 Å². The minimum absolute atomic E-state index is 0.227. The molecule has 0 aliphatic rings. The van der Waals surface area contributed by atoms with Crippen LogP contribution in [0.5, 0.6) is 0 Å². The van der Waals surface area contributed by atoms with Crippen molar-refractivity contribution in [3.63, 3.8) is 0 Å². The summed E-state index contributed by atoms with van der Waals surface area (Å²) >= 11 is 6.34. The van der Waals surface area contributed by atoms with Crippen molar-refractivity contribution < 1.29 is 9.59 Å². The predicted molar refractivity (Wildman–Crippen MR) is 139 cm³/mol. The lowest BCUT2D eigenvalue weighted by molar-refractivity contribution is -0.125. The summed E-state index contributed by atoms with van der Waals surface area (Å²) < 4.78 is 0. The Kier molecular flexibility index (Phi) is 8.61. The van der Waals surface area contributed by atoms with Crippen LogP contribution in [0.2, 0.25) is 5.02 Å². The fourth-order valence-corrected chi connectivity index (χ4v) is 4.24. The largest absolute Gasteiger partial charge is 0.390 e. The molecule has 1 amide bonds. The van der Waals surface area contributed by atoms with Gasteiger partial charge < -0.3 is 11.1 Å². The van der Waals surface area contributed by atoms with Gasteiger partial charge in [0.1, 0.15) is 5.78 Å². The Hall–Kier alpha value is -3.44. The average molecular weight is 476 g/mol. The zero-order valence-electron chi connectivity index (χ0n) is 19.6. The highest BCUT2D eigenvalue weighted by Gasteiger charge is 2.33. The van der Waals surface area contributed by atoms with Crippen LogP contribution < -0.4 is 11.1 Å². The van der Waals surface area contributed by atoms with Gasteiger partial charge in [0.05, 0.1) is 6.34 Å². The molecule has 0 bridgehead atoms. The molecular formula is C28H30ClN3O2. The number of carbonyl (C=O) groups excluding carboxylic acids is 2. The topological polar surface area (TPSA) is 84.6 Å². The number of likely N-dealkylation sites (N-methyl/N-ethyl adjacent to an activating group) is 1. The molecule has 6 heteroatoms. The maximum atomic E-state index is 12.6. The molecule has 0 saturated heterocycles. The third-order valence-corrected chi connectivity index (χ3v) is 6.19.